The molecule has 0 aromatic heterocycles. The summed E-state index contributed by atoms with van der Waals surface area (Å²) in [5, 5.41) is 4.94. The lowest BCUT2D eigenvalue weighted by atomic mass is 9.87. The lowest BCUT2D eigenvalue weighted by molar-refractivity contribution is -0.136. The Morgan fingerprint density at radius 2 is 2.05 bits per heavy atom. The lowest BCUT2D eigenvalue weighted by Gasteiger charge is -2.37. The number of hydrogen-bond acceptors (Lipinski definition) is 4. The van der Waals surface area contributed by atoms with Gasteiger partial charge in [-0.25, -0.2) is 4.79 Å². The van der Waals surface area contributed by atoms with E-state index in [4.69, 9.17) is 4.74 Å². The second-order valence-electron chi connectivity index (χ2n) is 5.17. The number of carbonyl (C=O) groups is 3. The standard InChI is InChI=1S/C13H21N3O4/c1-2-20-9-3-4-10(17)16-7-5-13(6-8-16)11(18)14-12(19)15-13/h2-9H2,1H3,(H2,14,15,18,19). The Kier molecular flexibility index (Phi) is 4.59. The molecule has 0 unspecified atom stereocenters. The van der Waals surface area contributed by atoms with Crippen molar-refractivity contribution in [2.45, 2.75) is 38.1 Å². The monoisotopic (exact) mass is 283 g/mol. The van der Waals surface area contributed by atoms with Gasteiger partial charge in [0.2, 0.25) is 5.91 Å². The average Bonchev–Trinajstić information content (AvgIpc) is 2.70. The number of urea groups is 1. The minimum absolute atomic E-state index is 0.0873. The van der Waals surface area contributed by atoms with Crippen molar-refractivity contribution >= 4 is 17.8 Å². The van der Waals surface area contributed by atoms with Crippen molar-refractivity contribution in [1.82, 2.24) is 15.5 Å². The van der Waals surface area contributed by atoms with Crippen LogP contribution in [0.5, 0.6) is 0 Å². The molecule has 1 spiro atoms. The topological polar surface area (TPSA) is 87.7 Å². The van der Waals surface area contributed by atoms with Crippen molar-refractivity contribution in [3.8, 4) is 0 Å². The molecule has 0 saturated carbocycles. The third-order valence-corrected chi connectivity index (χ3v) is 3.87. The number of imide groups is 1. The van der Waals surface area contributed by atoms with E-state index in [2.05, 4.69) is 10.6 Å². The smallest absolute Gasteiger partial charge is 0.322 e. The zero-order chi connectivity index (χ0) is 14.6. The first-order chi connectivity index (χ1) is 9.57. The van der Waals surface area contributed by atoms with Gasteiger partial charge < -0.3 is 15.0 Å². The van der Waals surface area contributed by atoms with E-state index in [1.54, 1.807) is 4.90 Å². The van der Waals surface area contributed by atoms with Crippen molar-refractivity contribution in [3.63, 3.8) is 0 Å². The van der Waals surface area contributed by atoms with Gasteiger partial charge in [0.25, 0.3) is 5.91 Å². The lowest BCUT2D eigenvalue weighted by Crippen LogP contribution is -2.55. The van der Waals surface area contributed by atoms with E-state index in [0.29, 0.717) is 52.0 Å². The maximum atomic E-state index is 12.0. The fraction of sp³-hybridized carbons (Fsp3) is 0.769. The molecule has 2 N–H and O–H groups in total. The highest BCUT2D eigenvalue weighted by Gasteiger charge is 2.48. The molecule has 0 aromatic rings. The summed E-state index contributed by atoms with van der Waals surface area (Å²) < 4.78 is 5.20. The second kappa shape index (κ2) is 6.21. The molecule has 112 valence electrons. The van der Waals surface area contributed by atoms with Gasteiger partial charge in [0.1, 0.15) is 5.54 Å². The predicted molar refractivity (Wildman–Crippen MR) is 70.9 cm³/mol. The fourth-order valence-corrected chi connectivity index (χ4v) is 2.65. The first-order valence-corrected chi connectivity index (χ1v) is 7.06. The van der Waals surface area contributed by atoms with Gasteiger partial charge in [0.05, 0.1) is 0 Å². The summed E-state index contributed by atoms with van der Waals surface area (Å²) in [4.78, 5) is 36.7. The molecular weight excluding hydrogens is 262 g/mol. The molecule has 2 aliphatic heterocycles. The summed E-state index contributed by atoms with van der Waals surface area (Å²) in [7, 11) is 0. The Hall–Kier alpha value is -1.63. The van der Waals surface area contributed by atoms with Crippen molar-refractivity contribution in [1.29, 1.82) is 0 Å². The Bertz CT molecular complexity index is 402. The predicted octanol–water partition coefficient (Wildman–Crippen LogP) is 0.00370. The molecule has 2 fully saturated rings. The maximum absolute atomic E-state index is 12.0. The molecule has 7 heteroatoms. The van der Waals surface area contributed by atoms with Gasteiger partial charge in [-0.15, -0.1) is 0 Å². The third kappa shape index (κ3) is 3.09. The first-order valence-electron chi connectivity index (χ1n) is 7.06. The van der Waals surface area contributed by atoms with E-state index < -0.39 is 11.6 Å². The van der Waals surface area contributed by atoms with Gasteiger partial charge in [-0.05, 0) is 26.2 Å². The van der Waals surface area contributed by atoms with Crippen LogP contribution in [0, 0.1) is 0 Å². The molecule has 0 aliphatic carbocycles. The molecule has 0 aromatic carbocycles. The molecule has 2 saturated heterocycles. The normalized spacial score (nSPS) is 20.9. The molecule has 2 aliphatic rings. The van der Waals surface area contributed by atoms with Gasteiger partial charge >= 0.3 is 6.03 Å². The summed E-state index contributed by atoms with van der Waals surface area (Å²) in [6.45, 7) is 4.18. The number of rotatable bonds is 5. The van der Waals surface area contributed by atoms with Crippen molar-refractivity contribution in [2.75, 3.05) is 26.3 Å². The van der Waals surface area contributed by atoms with Crippen LogP contribution in [0.25, 0.3) is 0 Å². The van der Waals surface area contributed by atoms with Gasteiger partial charge in [0, 0.05) is 32.7 Å². The Morgan fingerprint density at radius 3 is 2.60 bits per heavy atom. The number of piperidine rings is 1. The van der Waals surface area contributed by atoms with Crippen LogP contribution in [0.1, 0.15) is 32.6 Å². The van der Waals surface area contributed by atoms with Crippen LogP contribution in [0.3, 0.4) is 0 Å². The van der Waals surface area contributed by atoms with E-state index >= 15 is 0 Å². The Balaban J connectivity index is 1.78. The summed E-state index contributed by atoms with van der Waals surface area (Å²) >= 11 is 0. The fourth-order valence-electron chi connectivity index (χ4n) is 2.65. The van der Waals surface area contributed by atoms with E-state index in [-0.39, 0.29) is 11.8 Å². The number of ether oxygens (including phenoxy) is 1. The van der Waals surface area contributed by atoms with Gasteiger partial charge in [-0.3, -0.25) is 14.9 Å². The quantitative estimate of drug-likeness (QED) is 0.549. The number of nitrogens with zero attached hydrogens (tertiary/aromatic N) is 1. The zero-order valence-electron chi connectivity index (χ0n) is 11.7. The summed E-state index contributed by atoms with van der Waals surface area (Å²) in [5.41, 5.74) is -0.806. The minimum atomic E-state index is -0.806. The van der Waals surface area contributed by atoms with Crippen LogP contribution in [0.4, 0.5) is 4.79 Å². The molecular formula is C13H21N3O4. The van der Waals surface area contributed by atoms with Crippen molar-refractivity contribution in [2.24, 2.45) is 0 Å². The van der Waals surface area contributed by atoms with Crippen LogP contribution in [0.2, 0.25) is 0 Å². The third-order valence-electron chi connectivity index (χ3n) is 3.87. The number of nitrogens with one attached hydrogen (secondary N) is 2. The minimum Gasteiger partial charge on any atom is -0.382 e. The maximum Gasteiger partial charge on any atom is 0.322 e. The first kappa shape index (κ1) is 14.8. The van der Waals surface area contributed by atoms with Crippen LogP contribution in [-0.4, -0.2) is 54.6 Å². The highest BCUT2D eigenvalue weighted by molar-refractivity contribution is 6.07. The molecule has 0 atom stereocenters. The average molecular weight is 283 g/mol. The summed E-state index contributed by atoms with van der Waals surface area (Å²) in [5.74, 6) is -0.185. The highest BCUT2D eigenvalue weighted by Crippen LogP contribution is 2.25. The van der Waals surface area contributed by atoms with Gasteiger partial charge in [-0.2, -0.15) is 0 Å². The van der Waals surface area contributed by atoms with Crippen molar-refractivity contribution in [3.05, 3.63) is 0 Å². The SMILES string of the molecule is CCOCCCC(=O)N1CCC2(CC1)NC(=O)NC2=O. The summed E-state index contributed by atoms with van der Waals surface area (Å²) in [6.07, 6.45) is 2.13. The molecule has 20 heavy (non-hydrogen) atoms. The molecule has 4 amide bonds. The van der Waals surface area contributed by atoms with Gasteiger partial charge in [0.15, 0.2) is 0 Å². The second-order valence-corrected chi connectivity index (χ2v) is 5.17. The number of amides is 4. The molecule has 7 nitrogen and oxygen atoms in total. The summed E-state index contributed by atoms with van der Waals surface area (Å²) in [6, 6.07) is -0.438. The zero-order valence-corrected chi connectivity index (χ0v) is 11.7. The van der Waals surface area contributed by atoms with E-state index in [1.807, 2.05) is 6.92 Å². The van der Waals surface area contributed by atoms with E-state index in [9.17, 15) is 14.4 Å². The van der Waals surface area contributed by atoms with Crippen LogP contribution < -0.4 is 10.6 Å². The van der Waals surface area contributed by atoms with E-state index in [1.165, 1.54) is 0 Å². The van der Waals surface area contributed by atoms with Crippen LogP contribution >= 0.6 is 0 Å². The number of hydrogen-bond donors (Lipinski definition) is 2. The Morgan fingerprint density at radius 1 is 1.35 bits per heavy atom. The Labute approximate surface area is 118 Å². The largest absolute Gasteiger partial charge is 0.382 e. The van der Waals surface area contributed by atoms with Gasteiger partial charge in [-0.1, -0.05) is 0 Å². The van der Waals surface area contributed by atoms with Crippen LogP contribution in [-0.2, 0) is 14.3 Å². The highest BCUT2D eigenvalue weighted by atomic mass is 16.5. The molecule has 0 bridgehead atoms. The molecule has 0 radical (unpaired) electrons. The molecule has 2 heterocycles. The number of likely N-dealkylation sites (tertiary alicyclic amines) is 1. The molecule has 2 rings (SSSR count). The van der Waals surface area contributed by atoms with Crippen LogP contribution in [0.15, 0.2) is 0 Å². The number of carbonyl (C=O) groups excluding carboxylic acids is 3. The van der Waals surface area contributed by atoms with Crippen molar-refractivity contribution < 1.29 is 19.1 Å². The van der Waals surface area contributed by atoms with E-state index in [0.717, 1.165) is 0 Å².